The Labute approximate surface area is 135 Å². The van der Waals surface area contributed by atoms with Crippen LogP contribution in [0.3, 0.4) is 0 Å². The molecule has 0 N–H and O–H groups in total. The summed E-state index contributed by atoms with van der Waals surface area (Å²) in [5, 5.41) is 0. The second-order valence-electron chi connectivity index (χ2n) is 7.15. The molecule has 1 aliphatic carbocycles. The zero-order valence-electron chi connectivity index (χ0n) is 14.4. The summed E-state index contributed by atoms with van der Waals surface area (Å²) in [5.41, 5.74) is 4.59. The van der Waals surface area contributed by atoms with Gasteiger partial charge in [0.15, 0.2) is 0 Å². The van der Waals surface area contributed by atoms with E-state index in [-0.39, 0.29) is 0 Å². The third-order valence-electron chi connectivity index (χ3n) is 5.32. The quantitative estimate of drug-likeness (QED) is 0.790. The Balaban J connectivity index is 1.69. The minimum absolute atomic E-state index is 0.544. The number of hydrogen-bond acceptors (Lipinski definition) is 3. The van der Waals surface area contributed by atoms with Crippen molar-refractivity contribution in [1.29, 1.82) is 0 Å². The Morgan fingerprint density at radius 3 is 2.77 bits per heavy atom. The lowest BCUT2D eigenvalue weighted by atomic mass is 9.87. The van der Waals surface area contributed by atoms with Gasteiger partial charge >= 0.3 is 0 Å². The Morgan fingerprint density at radius 1 is 1.27 bits per heavy atom. The Kier molecular flexibility index (Phi) is 4.55. The van der Waals surface area contributed by atoms with Crippen molar-refractivity contribution >= 4 is 0 Å². The molecule has 2 aliphatic heterocycles. The maximum Gasteiger partial charge on any atom is 0.0578 e. The monoisotopic (exact) mass is 299 g/mol. The molecule has 0 unspecified atom stereocenters. The van der Waals surface area contributed by atoms with Gasteiger partial charge in [-0.1, -0.05) is 18.2 Å². The predicted octanol–water partition coefficient (Wildman–Crippen LogP) is 2.65. The third kappa shape index (κ3) is 3.21. The Morgan fingerprint density at radius 2 is 2.09 bits per heavy atom. The van der Waals surface area contributed by atoms with Crippen LogP contribution in [0, 0.1) is 0 Å². The topological polar surface area (TPSA) is 9.72 Å². The molecule has 0 saturated heterocycles. The molecule has 0 amide bonds. The SMILES string of the molecule is C[C@H](CN1C=CC2=CC=C(C3=CCN(C)CC3)C[C@@H]21)N(C)C. The molecule has 0 spiro atoms. The summed E-state index contributed by atoms with van der Waals surface area (Å²) in [5.74, 6) is 0. The van der Waals surface area contributed by atoms with Gasteiger partial charge in [0.25, 0.3) is 0 Å². The van der Waals surface area contributed by atoms with Crippen LogP contribution in [0.25, 0.3) is 0 Å². The number of nitrogens with zero attached hydrogens (tertiary/aromatic N) is 3. The van der Waals surface area contributed by atoms with E-state index in [1.165, 1.54) is 18.5 Å². The highest BCUT2D eigenvalue weighted by Gasteiger charge is 2.29. The molecule has 2 atom stereocenters. The first-order valence-corrected chi connectivity index (χ1v) is 8.43. The van der Waals surface area contributed by atoms with Gasteiger partial charge in [0.05, 0.1) is 6.04 Å². The molecule has 22 heavy (non-hydrogen) atoms. The minimum Gasteiger partial charge on any atom is -0.369 e. The van der Waals surface area contributed by atoms with Crippen molar-refractivity contribution in [3.63, 3.8) is 0 Å². The highest BCUT2D eigenvalue weighted by Crippen LogP contribution is 2.34. The molecule has 0 aromatic heterocycles. The summed E-state index contributed by atoms with van der Waals surface area (Å²) < 4.78 is 0. The molecular weight excluding hydrogens is 270 g/mol. The Hall–Kier alpha value is -1.32. The van der Waals surface area contributed by atoms with E-state index >= 15 is 0 Å². The fourth-order valence-corrected chi connectivity index (χ4v) is 3.42. The van der Waals surface area contributed by atoms with Gasteiger partial charge < -0.3 is 14.7 Å². The average molecular weight is 299 g/mol. The third-order valence-corrected chi connectivity index (χ3v) is 5.32. The first kappa shape index (κ1) is 15.6. The van der Waals surface area contributed by atoms with Crippen molar-refractivity contribution in [1.82, 2.24) is 14.7 Å². The van der Waals surface area contributed by atoms with Gasteiger partial charge in [-0.25, -0.2) is 0 Å². The maximum atomic E-state index is 2.53. The zero-order chi connectivity index (χ0) is 15.7. The number of likely N-dealkylation sites (N-methyl/N-ethyl adjacent to an activating group) is 2. The number of rotatable bonds is 4. The van der Waals surface area contributed by atoms with Gasteiger partial charge in [-0.15, -0.1) is 0 Å². The summed E-state index contributed by atoms with van der Waals surface area (Å²) in [6.07, 6.45) is 14.0. The van der Waals surface area contributed by atoms with Crippen LogP contribution in [0.2, 0.25) is 0 Å². The van der Waals surface area contributed by atoms with Crippen molar-refractivity contribution in [2.45, 2.75) is 31.8 Å². The van der Waals surface area contributed by atoms with E-state index in [0.717, 1.165) is 19.5 Å². The summed E-state index contributed by atoms with van der Waals surface area (Å²) in [4.78, 5) is 7.21. The zero-order valence-corrected chi connectivity index (χ0v) is 14.4. The standard InChI is InChI=1S/C19H29N3/c1-15(20(2)3)14-22-12-9-17-5-6-18(13-19(17)22)16-7-10-21(4)11-8-16/h5-7,9,12,15,19H,8,10-11,13-14H2,1-4H3/t15-,19+/m1/s1. The highest BCUT2D eigenvalue weighted by atomic mass is 15.2. The molecular formula is C19H29N3. The molecule has 3 aliphatic rings. The number of hydrogen-bond donors (Lipinski definition) is 0. The van der Waals surface area contributed by atoms with Crippen LogP contribution in [0.15, 0.2) is 47.2 Å². The molecule has 0 bridgehead atoms. The number of allylic oxidation sites excluding steroid dienone is 2. The molecule has 3 rings (SSSR count). The van der Waals surface area contributed by atoms with Crippen LogP contribution in [0.4, 0.5) is 0 Å². The summed E-state index contributed by atoms with van der Waals surface area (Å²) in [7, 11) is 6.53. The van der Waals surface area contributed by atoms with Crippen LogP contribution >= 0.6 is 0 Å². The van der Waals surface area contributed by atoms with E-state index in [2.05, 4.69) is 73.3 Å². The lowest BCUT2D eigenvalue weighted by Gasteiger charge is -2.34. The van der Waals surface area contributed by atoms with Gasteiger partial charge in [-0.05, 0) is 63.7 Å². The molecule has 0 saturated carbocycles. The van der Waals surface area contributed by atoms with E-state index < -0.39 is 0 Å². The van der Waals surface area contributed by atoms with Crippen LogP contribution < -0.4 is 0 Å². The second-order valence-corrected chi connectivity index (χ2v) is 7.15. The van der Waals surface area contributed by atoms with Crippen LogP contribution in [-0.4, -0.2) is 67.6 Å². The normalized spacial score (nSPS) is 26.7. The van der Waals surface area contributed by atoms with Crippen LogP contribution in [0.5, 0.6) is 0 Å². The first-order chi connectivity index (χ1) is 10.5. The van der Waals surface area contributed by atoms with Gasteiger partial charge in [-0.2, -0.15) is 0 Å². The molecule has 120 valence electrons. The fraction of sp³-hybridized carbons (Fsp3) is 0.579. The van der Waals surface area contributed by atoms with E-state index in [4.69, 9.17) is 0 Å². The van der Waals surface area contributed by atoms with E-state index in [0.29, 0.717) is 12.1 Å². The molecule has 0 aromatic rings. The predicted molar refractivity (Wildman–Crippen MR) is 93.8 cm³/mol. The van der Waals surface area contributed by atoms with Crippen molar-refractivity contribution < 1.29 is 0 Å². The van der Waals surface area contributed by atoms with Gasteiger partial charge in [0.2, 0.25) is 0 Å². The van der Waals surface area contributed by atoms with Gasteiger partial charge in [0.1, 0.15) is 0 Å². The van der Waals surface area contributed by atoms with Crippen molar-refractivity contribution in [2.24, 2.45) is 0 Å². The van der Waals surface area contributed by atoms with Gasteiger partial charge in [-0.3, -0.25) is 0 Å². The van der Waals surface area contributed by atoms with Gasteiger partial charge in [0, 0.05) is 31.9 Å². The largest absolute Gasteiger partial charge is 0.369 e. The lowest BCUT2D eigenvalue weighted by Crippen LogP contribution is -2.40. The maximum absolute atomic E-state index is 2.53. The summed E-state index contributed by atoms with van der Waals surface area (Å²) in [6.45, 7) is 5.67. The average Bonchev–Trinajstić information content (AvgIpc) is 2.90. The number of fused-ring (bicyclic) bond motifs is 1. The van der Waals surface area contributed by atoms with Crippen molar-refractivity contribution in [2.75, 3.05) is 40.8 Å². The Bertz CT molecular complexity index is 539. The highest BCUT2D eigenvalue weighted by molar-refractivity contribution is 5.46. The smallest absolute Gasteiger partial charge is 0.0578 e. The summed E-state index contributed by atoms with van der Waals surface area (Å²) in [6, 6.07) is 1.11. The molecule has 2 heterocycles. The molecule has 3 nitrogen and oxygen atoms in total. The first-order valence-electron chi connectivity index (χ1n) is 8.43. The van der Waals surface area contributed by atoms with E-state index in [1.807, 2.05) is 0 Å². The minimum atomic E-state index is 0.544. The lowest BCUT2D eigenvalue weighted by molar-refractivity contribution is 0.218. The molecule has 0 radical (unpaired) electrons. The van der Waals surface area contributed by atoms with Crippen molar-refractivity contribution in [3.05, 3.63) is 47.2 Å². The van der Waals surface area contributed by atoms with E-state index in [1.54, 1.807) is 11.1 Å². The summed E-state index contributed by atoms with van der Waals surface area (Å²) >= 11 is 0. The van der Waals surface area contributed by atoms with Crippen molar-refractivity contribution in [3.8, 4) is 0 Å². The fourth-order valence-electron chi connectivity index (χ4n) is 3.42. The molecule has 3 heteroatoms. The second kappa shape index (κ2) is 6.43. The molecule has 0 aromatic carbocycles. The van der Waals surface area contributed by atoms with E-state index in [9.17, 15) is 0 Å². The van der Waals surface area contributed by atoms with Crippen LogP contribution in [-0.2, 0) is 0 Å². The van der Waals surface area contributed by atoms with Crippen LogP contribution in [0.1, 0.15) is 19.8 Å². The molecule has 0 fully saturated rings.